The summed E-state index contributed by atoms with van der Waals surface area (Å²) in [6, 6.07) is 5.99. The Kier molecular flexibility index (Phi) is 3.77. The zero-order valence-electron chi connectivity index (χ0n) is 10.8. The quantitative estimate of drug-likeness (QED) is 0.920. The minimum atomic E-state index is 0.0137. The Morgan fingerprint density at radius 2 is 1.94 bits per heavy atom. The highest BCUT2D eigenvalue weighted by molar-refractivity contribution is 7.09. The van der Waals surface area contributed by atoms with Crippen LogP contribution in [0.4, 0.5) is 5.69 Å². The summed E-state index contributed by atoms with van der Waals surface area (Å²) >= 11 is 1.52. The van der Waals surface area contributed by atoms with Gasteiger partial charge in [-0.05, 0) is 31.9 Å². The number of aromatic nitrogens is 1. The number of benzene rings is 1. The number of aryl methyl sites for hydroxylation is 3. The van der Waals surface area contributed by atoms with Gasteiger partial charge in [0.1, 0.15) is 0 Å². The van der Waals surface area contributed by atoms with E-state index < -0.39 is 0 Å². The summed E-state index contributed by atoms with van der Waals surface area (Å²) in [6.07, 6.45) is 0.393. The predicted molar refractivity (Wildman–Crippen MR) is 75.1 cm³/mol. The SMILES string of the molecule is Cc1cccc(C)c1NC(=O)Cc1scnc1C. The van der Waals surface area contributed by atoms with Gasteiger partial charge in [-0.1, -0.05) is 18.2 Å². The van der Waals surface area contributed by atoms with Crippen LogP contribution in [-0.4, -0.2) is 10.9 Å². The van der Waals surface area contributed by atoms with Crippen LogP contribution in [0.5, 0.6) is 0 Å². The number of carbonyl (C=O) groups is 1. The van der Waals surface area contributed by atoms with Gasteiger partial charge in [-0.15, -0.1) is 11.3 Å². The highest BCUT2D eigenvalue weighted by atomic mass is 32.1. The molecule has 2 aromatic rings. The molecule has 2 rings (SSSR count). The van der Waals surface area contributed by atoms with E-state index in [-0.39, 0.29) is 5.91 Å². The maximum absolute atomic E-state index is 12.0. The van der Waals surface area contributed by atoms with Crippen molar-refractivity contribution >= 4 is 22.9 Å². The van der Waals surface area contributed by atoms with E-state index in [1.807, 2.05) is 39.0 Å². The molecular formula is C14H16N2OS. The molecule has 0 unspecified atom stereocenters. The molecule has 94 valence electrons. The van der Waals surface area contributed by atoms with Gasteiger partial charge in [-0.25, -0.2) is 4.98 Å². The third kappa shape index (κ3) is 2.76. The third-order valence-electron chi connectivity index (χ3n) is 2.91. The van der Waals surface area contributed by atoms with Crippen molar-refractivity contribution in [1.82, 2.24) is 4.98 Å². The highest BCUT2D eigenvalue weighted by Crippen LogP contribution is 2.20. The van der Waals surface area contributed by atoms with Gasteiger partial charge in [0.15, 0.2) is 0 Å². The summed E-state index contributed by atoms with van der Waals surface area (Å²) in [5.41, 5.74) is 5.81. The van der Waals surface area contributed by atoms with Crippen LogP contribution >= 0.6 is 11.3 Å². The Balaban J connectivity index is 2.10. The fourth-order valence-corrected chi connectivity index (χ4v) is 2.61. The second-order valence-corrected chi connectivity index (χ2v) is 5.29. The predicted octanol–water partition coefficient (Wildman–Crippen LogP) is 3.25. The Labute approximate surface area is 111 Å². The van der Waals surface area contributed by atoms with Gasteiger partial charge in [0, 0.05) is 10.6 Å². The number of amides is 1. The number of hydrogen-bond donors (Lipinski definition) is 1. The van der Waals surface area contributed by atoms with Crippen LogP contribution in [0, 0.1) is 20.8 Å². The first-order valence-corrected chi connectivity index (χ1v) is 6.71. The molecule has 0 aliphatic carbocycles. The average molecular weight is 260 g/mol. The van der Waals surface area contributed by atoms with E-state index in [2.05, 4.69) is 10.3 Å². The average Bonchev–Trinajstić information content (AvgIpc) is 2.70. The zero-order valence-corrected chi connectivity index (χ0v) is 11.6. The lowest BCUT2D eigenvalue weighted by molar-refractivity contribution is -0.115. The highest BCUT2D eigenvalue weighted by Gasteiger charge is 2.10. The van der Waals surface area contributed by atoms with E-state index in [1.54, 1.807) is 5.51 Å². The number of anilines is 1. The van der Waals surface area contributed by atoms with Gasteiger partial charge in [-0.3, -0.25) is 4.79 Å². The molecule has 1 heterocycles. The van der Waals surface area contributed by atoms with Crippen LogP contribution < -0.4 is 5.32 Å². The van der Waals surface area contributed by atoms with E-state index in [9.17, 15) is 4.79 Å². The number of nitrogens with zero attached hydrogens (tertiary/aromatic N) is 1. The first-order valence-electron chi connectivity index (χ1n) is 5.83. The lowest BCUT2D eigenvalue weighted by Gasteiger charge is -2.11. The fraction of sp³-hybridized carbons (Fsp3) is 0.286. The van der Waals surface area contributed by atoms with E-state index in [0.29, 0.717) is 6.42 Å². The Hall–Kier alpha value is -1.68. The van der Waals surface area contributed by atoms with Crippen molar-refractivity contribution in [2.45, 2.75) is 27.2 Å². The molecule has 4 heteroatoms. The Bertz CT molecular complexity index is 555. The van der Waals surface area contributed by atoms with Crippen LogP contribution in [0.1, 0.15) is 21.7 Å². The number of rotatable bonds is 3. The van der Waals surface area contributed by atoms with Gasteiger partial charge >= 0.3 is 0 Å². The Morgan fingerprint density at radius 3 is 2.50 bits per heavy atom. The molecule has 1 aromatic heterocycles. The summed E-state index contributed by atoms with van der Waals surface area (Å²) in [7, 11) is 0. The molecule has 0 aliphatic rings. The number of para-hydroxylation sites is 1. The van der Waals surface area contributed by atoms with Crippen molar-refractivity contribution < 1.29 is 4.79 Å². The van der Waals surface area contributed by atoms with Crippen molar-refractivity contribution in [1.29, 1.82) is 0 Å². The van der Waals surface area contributed by atoms with Crippen LogP contribution in [0.25, 0.3) is 0 Å². The summed E-state index contributed by atoms with van der Waals surface area (Å²) in [5, 5.41) is 2.98. The van der Waals surface area contributed by atoms with Gasteiger partial charge < -0.3 is 5.32 Å². The molecule has 0 spiro atoms. The van der Waals surface area contributed by atoms with Crippen LogP contribution in [0.2, 0.25) is 0 Å². The standard InChI is InChI=1S/C14H16N2OS/c1-9-5-4-6-10(2)14(9)16-13(17)7-12-11(3)15-8-18-12/h4-6,8H,7H2,1-3H3,(H,16,17). The molecular weight excluding hydrogens is 244 g/mol. The van der Waals surface area contributed by atoms with Gasteiger partial charge in [-0.2, -0.15) is 0 Å². The van der Waals surface area contributed by atoms with Gasteiger partial charge in [0.25, 0.3) is 0 Å². The minimum Gasteiger partial charge on any atom is -0.325 e. The first kappa shape index (κ1) is 12.8. The molecule has 0 atom stereocenters. The Morgan fingerprint density at radius 1 is 1.28 bits per heavy atom. The number of hydrogen-bond acceptors (Lipinski definition) is 3. The molecule has 0 fully saturated rings. The molecule has 3 nitrogen and oxygen atoms in total. The van der Waals surface area contributed by atoms with Gasteiger partial charge in [0.05, 0.1) is 17.6 Å². The zero-order chi connectivity index (χ0) is 13.1. The molecule has 0 radical (unpaired) electrons. The molecule has 0 saturated heterocycles. The summed E-state index contributed by atoms with van der Waals surface area (Å²) < 4.78 is 0. The van der Waals surface area contributed by atoms with E-state index in [0.717, 1.165) is 27.4 Å². The number of thiazole rings is 1. The van der Waals surface area contributed by atoms with Crippen LogP contribution in [0.15, 0.2) is 23.7 Å². The van der Waals surface area contributed by atoms with Crippen LogP contribution in [0.3, 0.4) is 0 Å². The molecule has 0 saturated carbocycles. The molecule has 1 amide bonds. The summed E-state index contributed by atoms with van der Waals surface area (Å²) in [6.45, 7) is 5.93. The van der Waals surface area contributed by atoms with Crippen molar-refractivity contribution in [3.05, 3.63) is 45.4 Å². The van der Waals surface area contributed by atoms with Crippen molar-refractivity contribution in [3.63, 3.8) is 0 Å². The summed E-state index contributed by atoms with van der Waals surface area (Å²) in [5.74, 6) is 0.0137. The lowest BCUT2D eigenvalue weighted by atomic mass is 10.1. The van der Waals surface area contributed by atoms with E-state index >= 15 is 0 Å². The van der Waals surface area contributed by atoms with E-state index in [4.69, 9.17) is 0 Å². The van der Waals surface area contributed by atoms with E-state index in [1.165, 1.54) is 11.3 Å². The minimum absolute atomic E-state index is 0.0137. The second kappa shape index (κ2) is 5.31. The fourth-order valence-electron chi connectivity index (χ4n) is 1.84. The monoisotopic (exact) mass is 260 g/mol. The topological polar surface area (TPSA) is 42.0 Å². The maximum atomic E-state index is 12.0. The first-order chi connectivity index (χ1) is 8.58. The van der Waals surface area contributed by atoms with Gasteiger partial charge in [0.2, 0.25) is 5.91 Å². The van der Waals surface area contributed by atoms with Crippen LogP contribution in [-0.2, 0) is 11.2 Å². The molecule has 1 N–H and O–H groups in total. The maximum Gasteiger partial charge on any atom is 0.229 e. The van der Waals surface area contributed by atoms with Crippen molar-refractivity contribution in [2.75, 3.05) is 5.32 Å². The third-order valence-corrected chi connectivity index (χ3v) is 3.85. The molecule has 1 aromatic carbocycles. The second-order valence-electron chi connectivity index (χ2n) is 4.35. The molecule has 0 bridgehead atoms. The summed E-state index contributed by atoms with van der Waals surface area (Å²) in [4.78, 5) is 17.2. The van der Waals surface area contributed by atoms with Crippen molar-refractivity contribution in [3.8, 4) is 0 Å². The van der Waals surface area contributed by atoms with Crippen molar-refractivity contribution in [2.24, 2.45) is 0 Å². The lowest BCUT2D eigenvalue weighted by Crippen LogP contribution is -2.15. The molecule has 0 aliphatic heterocycles. The smallest absolute Gasteiger partial charge is 0.229 e. The number of carbonyl (C=O) groups excluding carboxylic acids is 1. The normalized spacial score (nSPS) is 10.4. The number of nitrogens with one attached hydrogen (secondary N) is 1. The largest absolute Gasteiger partial charge is 0.325 e. The molecule has 18 heavy (non-hydrogen) atoms.